The summed E-state index contributed by atoms with van der Waals surface area (Å²) in [6.45, 7) is 0. The molecule has 2 aromatic rings. The zero-order chi connectivity index (χ0) is 15.1. The average Bonchev–Trinajstić information content (AvgIpc) is 2.42. The van der Waals surface area contributed by atoms with E-state index in [0.29, 0.717) is 0 Å². The van der Waals surface area contributed by atoms with Crippen molar-refractivity contribution in [1.82, 2.24) is 0 Å². The van der Waals surface area contributed by atoms with Gasteiger partial charge in [0.05, 0.1) is 12.0 Å². The molecule has 5 nitrogen and oxygen atoms in total. The molecular formula is C13H11F2NO4. The average molecular weight is 283 g/mol. The van der Waals surface area contributed by atoms with E-state index in [4.69, 9.17) is 5.11 Å². The Morgan fingerprint density at radius 2 is 1.85 bits per heavy atom. The van der Waals surface area contributed by atoms with Crippen molar-refractivity contribution < 1.29 is 23.5 Å². The maximum atomic E-state index is 12.4. The predicted octanol–water partition coefficient (Wildman–Crippen LogP) is 3.27. The Bertz CT molecular complexity index is 605. The lowest BCUT2D eigenvalue weighted by molar-refractivity contribution is -0.387. The Hall–Kier alpha value is -2.70. The van der Waals surface area contributed by atoms with Crippen LogP contribution in [-0.4, -0.2) is 17.1 Å². The molecule has 0 saturated heterocycles. The van der Waals surface area contributed by atoms with Gasteiger partial charge in [0.15, 0.2) is 11.5 Å². The Morgan fingerprint density at radius 1 is 1.20 bits per heavy atom. The molecule has 0 bridgehead atoms. The van der Waals surface area contributed by atoms with Crippen molar-refractivity contribution >= 4 is 5.69 Å². The van der Waals surface area contributed by atoms with Crippen LogP contribution < -0.4 is 4.74 Å². The van der Waals surface area contributed by atoms with Gasteiger partial charge in [0.25, 0.3) is 0 Å². The van der Waals surface area contributed by atoms with Gasteiger partial charge in [-0.1, -0.05) is 12.1 Å². The lowest BCUT2D eigenvalue weighted by Gasteiger charge is -2.00. The van der Waals surface area contributed by atoms with E-state index in [-0.39, 0.29) is 11.5 Å². The van der Waals surface area contributed by atoms with Gasteiger partial charge >= 0.3 is 5.69 Å². The topological polar surface area (TPSA) is 72.6 Å². The van der Waals surface area contributed by atoms with Crippen LogP contribution in [0.1, 0.15) is 0 Å². The van der Waals surface area contributed by atoms with Crippen LogP contribution in [-0.2, 0) is 0 Å². The van der Waals surface area contributed by atoms with Crippen LogP contribution in [0.25, 0.3) is 0 Å². The molecular weight excluding hydrogens is 272 g/mol. The van der Waals surface area contributed by atoms with E-state index in [0.717, 1.165) is 24.3 Å². The third kappa shape index (κ3) is 4.20. The van der Waals surface area contributed by atoms with E-state index < -0.39 is 22.2 Å². The van der Waals surface area contributed by atoms with Gasteiger partial charge in [-0.15, -0.1) is 0 Å². The minimum atomic E-state index is -0.799. The summed E-state index contributed by atoms with van der Waals surface area (Å²) < 4.78 is 29.4. The van der Waals surface area contributed by atoms with Gasteiger partial charge in [-0.25, -0.2) is 4.39 Å². The normalized spacial score (nSPS) is 9.35. The fraction of sp³-hybridized carbons (Fsp3) is 0.0769. The summed E-state index contributed by atoms with van der Waals surface area (Å²) >= 11 is 0. The van der Waals surface area contributed by atoms with Crippen molar-refractivity contribution in [2.75, 3.05) is 7.11 Å². The van der Waals surface area contributed by atoms with Crippen LogP contribution in [0.5, 0.6) is 11.5 Å². The first-order valence-electron chi connectivity index (χ1n) is 5.37. The lowest BCUT2D eigenvalue weighted by atomic mass is 10.3. The van der Waals surface area contributed by atoms with Gasteiger partial charge in [-0.3, -0.25) is 10.1 Å². The molecule has 2 aromatic carbocycles. The second kappa shape index (κ2) is 7.03. The number of nitro groups is 1. The largest absolute Gasteiger partial charge is 0.504 e. The zero-order valence-electron chi connectivity index (χ0n) is 10.4. The summed E-state index contributed by atoms with van der Waals surface area (Å²) in [5.41, 5.74) is -0.484. The fourth-order valence-corrected chi connectivity index (χ4v) is 1.25. The van der Waals surface area contributed by atoms with Crippen molar-refractivity contribution in [3.8, 4) is 11.5 Å². The first-order valence-corrected chi connectivity index (χ1v) is 5.37. The van der Waals surface area contributed by atoms with Crippen LogP contribution in [0.3, 0.4) is 0 Å². The number of para-hydroxylation sites is 1. The summed E-state index contributed by atoms with van der Waals surface area (Å²) in [6.07, 6.45) is 0. The smallest absolute Gasteiger partial charge is 0.304 e. The first-order chi connectivity index (χ1) is 9.45. The molecule has 0 radical (unpaired) electrons. The molecule has 0 saturated carbocycles. The number of ether oxygens (including phenoxy) is 1. The summed E-state index contributed by atoms with van der Waals surface area (Å²) in [7, 11) is 1.37. The number of hydrogen-bond acceptors (Lipinski definition) is 4. The monoisotopic (exact) mass is 283 g/mol. The van der Waals surface area contributed by atoms with Gasteiger partial charge in [-0.05, 0) is 18.2 Å². The molecule has 0 aliphatic carbocycles. The van der Waals surface area contributed by atoms with E-state index in [1.807, 2.05) is 0 Å². The highest BCUT2D eigenvalue weighted by molar-refractivity contribution is 5.38. The highest BCUT2D eigenvalue weighted by Gasteiger charge is 2.10. The van der Waals surface area contributed by atoms with Crippen LogP contribution in [0.2, 0.25) is 0 Å². The number of phenols is 1. The standard InChI is InChI=1S/C7H7FO2.C6H4FNO2/c1-10-7-4-5(8)2-3-6(7)9;7-5-3-1-2-4-6(5)8(9)10/h2-4,9H,1H3;1-4H. The van der Waals surface area contributed by atoms with E-state index in [1.165, 1.54) is 25.3 Å². The van der Waals surface area contributed by atoms with Crippen LogP contribution in [0.15, 0.2) is 42.5 Å². The SMILES string of the molecule is COc1cc(F)ccc1O.O=[N+]([O-])c1ccccc1F. The van der Waals surface area contributed by atoms with Crippen molar-refractivity contribution in [2.24, 2.45) is 0 Å². The first kappa shape index (κ1) is 15.4. The molecule has 0 atom stereocenters. The maximum Gasteiger partial charge on any atom is 0.304 e. The molecule has 0 amide bonds. The Labute approximate surface area is 113 Å². The molecule has 0 aromatic heterocycles. The third-order valence-electron chi connectivity index (χ3n) is 2.19. The number of phenolic OH excluding ortho intramolecular Hbond substituents is 1. The zero-order valence-corrected chi connectivity index (χ0v) is 10.4. The number of benzene rings is 2. The molecule has 0 fully saturated rings. The van der Waals surface area contributed by atoms with Crippen LogP contribution in [0.4, 0.5) is 14.5 Å². The highest BCUT2D eigenvalue weighted by atomic mass is 19.1. The Kier molecular flexibility index (Phi) is 5.40. The number of rotatable bonds is 2. The molecule has 106 valence electrons. The van der Waals surface area contributed by atoms with E-state index >= 15 is 0 Å². The van der Waals surface area contributed by atoms with Gasteiger partial charge in [0, 0.05) is 12.1 Å². The number of methoxy groups -OCH3 is 1. The molecule has 20 heavy (non-hydrogen) atoms. The van der Waals surface area contributed by atoms with Crippen molar-refractivity contribution in [2.45, 2.75) is 0 Å². The van der Waals surface area contributed by atoms with E-state index in [9.17, 15) is 18.9 Å². The second-order valence-electron chi connectivity index (χ2n) is 3.52. The molecule has 2 rings (SSSR count). The molecule has 0 spiro atoms. The van der Waals surface area contributed by atoms with E-state index in [2.05, 4.69) is 4.74 Å². The third-order valence-corrected chi connectivity index (χ3v) is 2.19. The second-order valence-corrected chi connectivity index (χ2v) is 3.52. The Morgan fingerprint density at radius 3 is 2.30 bits per heavy atom. The summed E-state index contributed by atoms with van der Waals surface area (Å²) in [5, 5.41) is 18.9. The molecule has 7 heteroatoms. The quantitative estimate of drug-likeness (QED) is 0.678. The molecule has 0 unspecified atom stereocenters. The molecule has 1 N–H and O–H groups in total. The summed E-state index contributed by atoms with van der Waals surface area (Å²) in [6, 6.07) is 8.53. The van der Waals surface area contributed by atoms with Gasteiger partial charge in [-0.2, -0.15) is 4.39 Å². The minimum Gasteiger partial charge on any atom is -0.504 e. The maximum absolute atomic E-state index is 12.4. The molecule has 0 heterocycles. The molecule has 0 aliphatic heterocycles. The number of halogens is 2. The van der Waals surface area contributed by atoms with Gasteiger partial charge < -0.3 is 9.84 Å². The molecule has 0 aliphatic rings. The van der Waals surface area contributed by atoms with Gasteiger partial charge in [0.2, 0.25) is 5.82 Å². The highest BCUT2D eigenvalue weighted by Crippen LogP contribution is 2.25. The number of nitrogens with zero attached hydrogens (tertiary/aromatic N) is 1. The van der Waals surface area contributed by atoms with Crippen LogP contribution in [0, 0.1) is 21.7 Å². The van der Waals surface area contributed by atoms with Crippen LogP contribution >= 0.6 is 0 Å². The minimum absolute atomic E-state index is 0.0519. The predicted molar refractivity (Wildman–Crippen MR) is 67.7 cm³/mol. The number of nitro benzene ring substituents is 1. The van der Waals surface area contributed by atoms with Crippen molar-refractivity contribution in [3.05, 3.63) is 64.2 Å². The fourth-order valence-electron chi connectivity index (χ4n) is 1.25. The van der Waals surface area contributed by atoms with Crippen molar-refractivity contribution in [3.63, 3.8) is 0 Å². The summed E-state index contributed by atoms with van der Waals surface area (Å²) in [5.74, 6) is -1.12. The van der Waals surface area contributed by atoms with Gasteiger partial charge in [0.1, 0.15) is 5.82 Å². The van der Waals surface area contributed by atoms with Crippen molar-refractivity contribution in [1.29, 1.82) is 0 Å². The Balaban J connectivity index is 0.000000200. The lowest BCUT2D eigenvalue weighted by Crippen LogP contribution is -1.90. The summed E-state index contributed by atoms with van der Waals surface area (Å²) in [4.78, 5) is 9.23. The number of aromatic hydroxyl groups is 1. The number of hydrogen-bond donors (Lipinski definition) is 1. The van der Waals surface area contributed by atoms with E-state index in [1.54, 1.807) is 0 Å².